The standard InChI is InChI=1S/C18H28N2O3.C17H25FN2O3.C14H29N3O3.C13H26N2O3.C10H20N2O3/c1-18(2,3)13-17(22)20(14-16(21)19-23)12-8-7-11-15-9-5-4-6-10-15;1-17(2,3)11-16(22)20(12-15(21)19-23)10-4-5-13-6-8-14(18)9-7-13;1-14(2,3)10-13(19)17(11-12(18)15-20)9-7-6-8-16(4)5;1-5-6-7-8-15(10-11(16)14-18)12(17)9-13(2,3)4;1-5-12(7-8(13)11-15)9(14)6-10(2,3)4/h4-6,9-10,23H,7-8,11-14H2,1-3H3,(H,19,21);6-9,23H,4-5,10-12H2,1-3H3,(H,19,21);20H,6-11H2,1-5H3,(H,15,18);18H,5-10H2,1-4H3,(H,14,16);15H,5-7H2,1-4H3,(H,11,13). The quantitative estimate of drug-likeness (QED) is 0.0177. The molecule has 27 heteroatoms. The molecule has 2 aromatic carbocycles. The molecule has 0 atom stereocenters. The fourth-order valence-corrected chi connectivity index (χ4v) is 9.10. The van der Waals surface area contributed by atoms with E-state index in [2.05, 4.69) is 24.0 Å². The Bertz CT molecular complexity index is 2650. The fraction of sp³-hybridized carbons (Fsp3) is 0.694. The van der Waals surface area contributed by atoms with Gasteiger partial charge in [0.2, 0.25) is 29.5 Å². The summed E-state index contributed by atoms with van der Waals surface area (Å²) in [4.78, 5) is 126. The average Bonchev–Trinajstić information content (AvgIpc) is 0.970. The third-order valence-corrected chi connectivity index (χ3v) is 14.0. The Balaban J connectivity index is -0.00000117. The summed E-state index contributed by atoms with van der Waals surface area (Å²) in [5.74, 6) is -3.48. The van der Waals surface area contributed by atoms with Crippen LogP contribution in [0.3, 0.4) is 0 Å². The number of amides is 10. The lowest BCUT2D eigenvalue weighted by Gasteiger charge is -2.26. The Morgan fingerprint density at radius 2 is 0.596 bits per heavy atom. The second-order valence-electron chi connectivity index (χ2n) is 30.9. The van der Waals surface area contributed by atoms with Gasteiger partial charge in [0.05, 0.1) is 0 Å². The Labute approximate surface area is 590 Å². The maximum absolute atomic E-state index is 12.9. The van der Waals surface area contributed by atoms with Crippen molar-refractivity contribution >= 4 is 59.1 Å². The highest BCUT2D eigenvalue weighted by Gasteiger charge is 2.27. The Hall–Kier alpha value is -7.17. The van der Waals surface area contributed by atoms with Gasteiger partial charge in [-0.2, -0.15) is 0 Å². The van der Waals surface area contributed by atoms with Crippen LogP contribution < -0.4 is 27.4 Å². The van der Waals surface area contributed by atoms with Crippen molar-refractivity contribution in [3.63, 3.8) is 0 Å². The first-order valence-corrected chi connectivity index (χ1v) is 34.2. The fourth-order valence-electron chi connectivity index (χ4n) is 9.10. The van der Waals surface area contributed by atoms with Crippen molar-refractivity contribution in [2.75, 3.05) is 86.1 Å². The van der Waals surface area contributed by atoms with Crippen molar-refractivity contribution in [3.05, 3.63) is 71.5 Å². The lowest BCUT2D eigenvalue weighted by Crippen LogP contribution is -2.41. The molecule has 0 aliphatic rings. The molecule has 0 aliphatic heterocycles. The minimum Gasteiger partial charge on any atom is -0.334 e. The number of hydroxylamine groups is 5. The van der Waals surface area contributed by atoms with Crippen LogP contribution in [0, 0.1) is 32.9 Å². The summed E-state index contributed by atoms with van der Waals surface area (Å²) in [6.45, 7) is 36.4. The molecule has 0 spiro atoms. The van der Waals surface area contributed by atoms with Gasteiger partial charge in [-0.05, 0) is 129 Å². The summed E-state index contributed by atoms with van der Waals surface area (Å²) in [7, 11) is 4.00. The van der Waals surface area contributed by atoms with E-state index in [0.29, 0.717) is 77.7 Å². The van der Waals surface area contributed by atoms with Gasteiger partial charge >= 0.3 is 0 Å². The van der Waals surface area contributed by atoms with Crippen LogP contribution in [-0.2, 0) is 60.8 Å². The molecule has 2 aromatic rings. The van der Waals surface area contributed by atoms with Crippen LogP contribution >= 0.6 is 0 Å². The van der Waals surface area contributed by atoms with Crippen LogP contribution in [0.25, 0.3) is 0 Å². The van der Waals surface area contributed by atoms with E-state index in [0.717, 1.165) is 63.5 Å². The van der Waals surface area contributed by atoms with Gasteiger partial charge in [0.1, 0.15) is 38.5 Å². The number of likely N-dealkylation sites (N-methyl/N-ethyl adjacent to an activating group) is 1. The van der Waals surface area contributed by atoms with Gasteiger partial charge in [-0.3, -0.25) is 74.0 Å². The highest BCUT2D eigenvalue weighted by atomic mass is 19.1. The molecule has 0 aliphatic carbocycles. The number of nitrogens with one attached hydrogen (secondary N) is 5. The maximum atomic E-state index is 12.9. The molecular weight excluding hydrogens is 1280 g/mol. The third-order valence-electron chi connectivity index (χ3n) is 14.0. The molecule has 0 heterocycles. The molecule has 0 unspecified atom stereocenters. The SMILES string of the molecule is CC(C)(C)CC(=O)N(CCCCc1ccccc1)CC(=O)NO.CC(C)(C)CC(=O)N(CCCc1ccc(F)cc1)CC(=O)NO.CCCCCN(CC(=O)NO)C(=O)CC(C)(C)C.CCN(CC(=O)NO)C(=O)CC(C)(C)C.CN(C)CCCCN(CC(=O)NO)C(=O)CC(C)(C)C. The number of aryl methyl sites for hydroxylation is 2. The van der Waals surface area contributed by atoms with Gasteiger partial charge in [0.15, 0.2) is 0 Å². The van der Waals surface area contributed by atoms with Crippen LogP contribution in [-0.4, -0.2) is 201 Å². The van der Waals surface area contributed by atoms with Crippen LogP contribution in [0.2, 0.25) is 0 Å². The van der Waals surface area contributed by atoms with Gasteiger partial charge in [0.25, 0.3) is 29.5 Å². The molecule has 0 saturated carbocycles. The molecule has 26 nitrogen and oxygen atoms in total. The van der Waals surface area contributed by atoms with E-state index in [4.69, 9.17) is 26.0 Å². The molecule has 10 amide bonds. The van der Waals surface area contributed by atoms with Crippen molar-refractivity contribution in [1.29, 1.82) is 0 Å². The second kappa shape index (κ2) is 51.0. The number of benzene rings is 2. The van der Waals surface area contributed by atoms with Gasteiger partial charge in [0, 0.05) is 64.8 Å². The van der Waals surface area contributed by atoms with E-state index in [1.54, 1.807) is 41.0 Å². The van der Waals surface area contributed by atoms with Crippen molar-refractivity contribution in [2.24, 2.45) is 27.1 Å². The minimum atomic E-state index is -0.617. The summed E-state index contributed by atoms with van der Waals surface area (Å²) in [6, 6.07) is 16.4. The van der Waals surface area contributed by atoms with E-state index in [1.807, 2.05) is 136 Å². The van der Waals surface area contributed by atoms with Crippen LogP contribution in [0.4, 0.5) is 4.39 Å². The van der Waals surface area contributed by atoms with Crippen molar-refractivity contribution in [2.45, 2.75) is 214 Å². The predicted octanol–water partition coefficient (Wildman–Crippen LogP) is 9.13. The normalized spacial score (nSPS) is 11.2. The van der Waals surface area contributed by atoms with Crippen LogP contribution in [0.15, 0.2) is 54.6 Å². The number of halogens is 1. The second-order valence-corrected chi connectivity index (χ2v) is 30.9. The van der Waals surface area contributed by atoms with Gasteiger partial charge < -0.3 is 29.4 Å². The highest BCUT2D eigenvalue weighted by Crippen LogP contribution is 2.24. The molecule has 0 aromatic heterocycles. The Morgan fingerprint density at radius 3 is 0.879 bits per heavy atom. The summed E-state index contributed by atoms with van der Waals surface area (Å²) >= 11 is 0. The van der Waals surface area contributed by atoms with Gasteiger partial charge in [-0.15, -0.1) is 0 Å². The number of hydrogen-bond donors (Lipinski definition) is 10. The number of nitrogens with zero attached hydrogens (tertiary/aromatic N) is 6. The first-order valence-electron chi connectivity index (χ1n) is 34.2. The maximum Gasteiger partial charge on any atom is 0.262 e. The molecule has 568 valence electrons. The van der Waals surface area contributed by atoms with E-state index < -0.39 is 29.5 Å². The van der Waals surface area contributed by atoms with Crippen molar-refractivity contribution in [1.82, 2.24) is 56.8 Å². The molecule has 2 rings (SSSR count). The van der Waals surface area contributed by atoms with E-state index in [-0.39, 0.29) is 95.2 Å². The number of hydrogen-bond acceptors (Lipinski definition) is 16. The summed E-state index contributed by atoms with van der Waals surface area (Å²) < 4.78 is 12.9. The molecule has 10 N–H and O–H groups in total. The van der Waals surface area contributed by atoms with Gasteiger partial charge in [-0.25, -0.2) is 31.8 Å². The molecular formula is C72H128FN11O15. The average molecular weight is 1410 g/mol. The van der Waals surface area contributed by atoms with Crippen molar-refractivity contribution < 1.29 is 78.4 Å². The number of carbonyl (C=O) groups is 10. The highest BCUT2D eigenvalue weighted by molar-refractivity contribution is 5.87. The lowest BCUT2D eigenvalue weighted by molar-refractivity contribution is -0.140. The largest absolute Gasteiger partial charge is 0.334 e. The van der Waals surface area contributed by atoms with E-state index in [9.17, 15) is 52.3 Å². The molecule has 0 fully saturated rings. The molecule has 0 radical (unpaired) electrons. The molecule has 0 saturated heterocycles. The predicted molar refractivity (Wildman–Crippen MR) is 380 cm³/mol. The summed E-state index contributed by atoms with van der Waals surface area (Å²) in [5.41, 5.74) is 9.44. The number of unbranched alkanes of at least 4 members (excludes halogenated alkanes) is 4. The first-order chi connectivity index (χ1) is 45.8. The number of rotatable bonds is 34. The topological polar surface area (TPSA) is 351 Å². The van der Waals surface area contributed by atoms with Crippen LogP contribution in [0.5, 0.6) is 0 Å². The van der Waals surface area contributed by atoms with Crippen LogP contribution in [0.1, 0.15) is 212 Å². The summed E-state index contributed by atoms with van der Waals surface area (Å²) in [6.07, 6.45) is 10.7. The van der Waals surface area contributed by atoms with E-state index in [1.165, 1.54) is 47.7 Å². The minimum absolute atomic E-state index is 0.0396. The zero-order chi connectivity index (χ0) is 76.8. The third kappa shape index (κ3) is 56.3. The van der Waals surface area contributed by atoms with Gasteiger partial charge in [-0.1, -0.05) is 166 Å². The zero-order valence-electron chi connectivity index (χ0n) is 63.5. The smallest absolute Gasteiger partial charge is 0.262 e. The molecule has 0 bridgehead atoms. The zero-order valence-corrected chi connectivity index (χ0v) is 63.5. The first kappa shape index (κ1) is 96.0. The molecule has 99 heavy (non-hydrogen) atoms. The lowest BCUT2D eigenvalue weighted by atomic mass is 9.91. The number of carbonyl (C=O) groups excluding carboxylic acids is 10. The Morgan fingerprint density at radius 1 is 0.343 bits per heavy atom. The monoisotopic (exact) mass is 1410 g/mol. The van der Waals surface area contributed by atoms with E-state index >= 15 is 0 Å². The Kier molecular flexibility index (Phi) is 49.5. The van der Waals surface area contributed by atoms with Crippen molar-refractivity contribution in [3.8, 4) is 0 Å². The summed E-state index contributed by atoms with van der Waals surface area (Å²) in [5, 5.41) is 42.8.